The Kier molecular flexibility index (Phi) is 8.59. The number of hydrogen-bond donors (Lipinski definition) is 5. The van der Waals surface area contributed by atoms with Crippen molar-refractivity contribution in [1.82, 2.24) is 10.6 Å². The molecule has 0 aromatic carbocycles. The summed E-state index contributed by atoms with van der Waals surface area (Å²) in [4.78, 5) is 30.6. The van der Waals surface area contributed by atoms with Gasteiger partial charge in [0.15, 0.2) is 0 Å². The molecule has 1 saturated heterocycles. The molecule has 0 bridgehead atoms. The first-order valence-electron chi connectivity index (χ1n) is 5.03. The minimum Gasteiger partial charge on any atom is -0.480 e. The van der Waals surface area contributed by atoms with Crippen LogP contribution in [-0.4, -0.2) is 57.5 Å². The van der Waals surface area contributed by atoms with Crippen molar-refractivity contribution in [2.75, 3.05) is 17.4 Å². The van der Waals surface area contributed by atoms with Crippen molar-refractivity contribution < 1.29 is 24.6 Å². The van der Waals surface area contributed by atoms with Gasteiger partial charge in [-0.25, -0.2) is 4.79 Å². The minimum atomic E-state index is -1.06. The lowest BCUT2D eigenvalue weighted by Crippen LogP contribution is -2.40. The van der Waals surface area contributed by atoms with E-state index in [-0.39, 0.29) is 17.7 Å². The Labute approximate surface area is 114 Å². The van der Waals surface area contributed by atoms with Crippen LogP contribution in [0.1, 0.15) is 6.92 Å². The fourth-order valence-corrected chi connectivity index (χ4v) is 2.17. The highest BCUT2D eigenvalue weighted by Crippen LogP contribution is 2.08. The molecule has 0 aliphatic carbocycles. The van der Waals surface area contributed by atoms with Gasteiger partial charge in [0, 0.05) is 24.3 Å². The van der Waals surface area contributed by atoms with Crippen molar-refractivity contribution in [1.29, 1.82) is 0 Å². The second-order valence-electron chi connectivity index (χ2n) is 3.38. The summed E-state index contributed by atoms with van der Waals surface area (Å²) < 4.78 is 0. The summed E-state index contributed by atoms with van der Waals surface area (Å²) in [7, 11) is 0. The van der Waals surface area contributed by atoms with E-state index in [0.29, 0.717) is 5.75 Å². The van der Waals surface area contributed by atoms with E-state index in [4.69, 9.17) is 10.2 Å². The van der Waals surface area contributed by atoms with Crippen molar-refractivity contribution in [2.24, 2.45) is 0 Å². The number of carboxylic acids is 2. The van der Waals surface area contributed by atoms with Gasteiger partial charge in [-0.05, 0) is 0 Å². The first-order valence-corrected chi connectivity index (χ1v) is 6.82. The van der Waals surface area contributed by atoms with Crippen LogP contribution in [0.2, 0.25) is 0 Å². The van der Waals surface area contributed by atoms with Crippen LogP contribution < -0.4 is 10.6 Å². The zero-order chi connectivity index (χ0) is 14.1. The zero-order valence-corrected chi connectivity index (χ0v) is 11.5. The highest BCUT2D eigenvalue weighted by Gasteiger charge is 2.20. The third-order valence-corrected chi connectivity index (χ3v) is 3.18. The summed E-state index contributed by atoms with van der Waals surface area (Å²) in [5.41, 5.74) is 0. The molecule has 4 N–H and O–H groups in total. The average Bonchev–Trinajstić information content (AvgIpc) is 2.79. The maximum Gasteiger partial charge on any atom is 0.327 e. The number of hydrogen-bond acceptors (Lipinski definition) is 6. The van der Waals surface area contributed by atoms with Gasteiger partial charge in [0.25, 0.3) is 0 Å². The van der Waals surface area contributed by atoms with Gasteiger partial charge in [-0.2, -0.15) is 12.6 Å². The van der Waals surface area contributed by atoms with Crippen molar-refractivity contribution in [3.05, 3.63) is 0 Å². The fourth-order valence-electron chi connectivity index (χ4n) is 0.985. The van der Waals surface area contributed by atoms with Gasteiger partial charge in [-0.3, -0.25) is 14.9 Å². The third kappa shape index (κ3) is 7.41. The number of nitrogens with one attached hydrogen (secondary N) is 2. The van der Waals surface area contributed by atoms with Gasteiger partial charge < -0.3 is 15.5 Å². The Balaban J connectivity index is 0.000000327. The molecule has 1 unspecified atom stereocenters. The highest BCUT2D eigenvalue weighted by molar-refractivity contribution is 7.99. The summed E-state index contributed by atoms with van der Waals surface area (Å²) in [6, 6.07) is -1.18. The number of carbonyl (C=O) groups excluding carboxylic acids is 1. The molecule has 2 atom stereocenters. The van der Waals surface area contributed by atoms with E-state index in [1.165, 1.54) is 6.92 Å². The molecule has 0 aromatic heterocycles. The first kappa shape index (κ1) is 17.1. The number of rotatable bonds is 4. The number of thiol groups is 1. The molecule has 1 fully saturated rings. The lowest BCUT2D eigenvalue weighted by Gasteiger charge is -2.08. The van der Waals surface area contributed by atoms with Crippen LogP contribution >= 0.6 is 24.4 Å². The van der Waals surface area contributed by atoms with E-state index in [0.717, 1.165) is 5.88 Å². The Hall–Kier alpha value is -0.930. The Morgan fingerprint density at radius 1 is 1.50 bits per heavy atom. The molecule has 1 heterocycles. The van der Waals surface area contributed by atoms with Gasteiger partial charge in [0.1, 0.15) is 12.1 Å². The molecule has 18 heavy (non-hydrogen) atoms. The lowest BCUT2D eigenvalue weighted by atomic mass is 10.3. The van der Waals surface area contributed by atoms with Gasteiger partial charge in [-0.15, -0.1) is 11.8 Å². The van der Waals surface area contributed by atoms with Gasteiger partial charge in [-0.1, -0.05) is 0 Å². The molecular formula is C9H16N2O5S2. The molecule has 1 aliphatic rings. The van der Waals surface area contributed by atoms with Crippen LogP contribution in [0.3, 0.4) is 0 Å². The number of aliphatic carboxylic acids is 2. The Morgan fingerprint density at radius 3 is 2.28 bits per heavy atom. The molecule has 9 heteroatoms. The standard InChI is InChI=1S/C5H9NO3S.C4H7NO2S/c1-3(7)6-4(2-10)5(8)9;6-4(7)3-1-8-2-5-3/h4,10H,2H2,1H3,(H,6,7)(H,8,9);3,5H,1-2H2,(H,6,7)/t4-;/m0./s1. The zero-order valence-electron chi connectivity index (χ0n) is 9.75. The smallest absolute Gasteiger partial charge is 0.327 e. The van der Waals surface area contributed by atoms with Crippen LogP contribution in [0.5, 0.6) is 0 Å². The number of thioether (sulfide) groups is 1. The summed E-state index contributed by atoms with van der Waals surface area (Å²) in [5, 5.41) is 21.7. The molecule has 0 spiro atoms. The summed E-state index contributed by atoms with van der Waals surface area (Å²) in [5.74, 6) is -0.581. The van der Waals surface area contributed by atoms with E-state index in [1.54, 1.807) is 11.8 Å². The quantitative estimate of drug-likeness (QED) is 0.433. The van der Waals surface area contributed by atoms with Crippen molar-refractivity contribution in [2.45, 2.75) is 19.0 Å². The molecule has 1 aliphatic heterocycles. The Morgan fingerprint density at radius 2 is 2.11 bits per heavy atom. The lowest BCUT2D eigenvalue weighted by molar-refractivity contribution is -0.140. The van der Waals surface area contributed by atoms with Gasteiger partial charge in [0.05, 0.1) is 0 Å². The molecule has 0 saturated carbocycles. The minimum absolute atomic E-state index is 0.106. The topological polar surface area (TPSA) is 116 Å². The maximum atomic E-state index is 10.3. The second kappa shape index (κ2) is 9.06. The van der Waals surface area contributed by atoms with Gasteiger partial charge in [0.2, 0.25) is 5.91 Å². The van der Waals surface area contributed by atoms with Crippen molar-refractivity contribution >= 4 is 42.2 Å². The number of amides is 1. The van der Waals surface area contributed by atoms with E-state index in [2.05, 4.69) is 23.3 Å². The predicted octanol–water partition coefficient (Wildman–Crippen LogP) is -0.761. The molecule has 1 amide bonds. The van der Waals surface area contributed by atoms with E-state index in [1.807, 2.05) is 0 Å². The van der Waals surface area contributed by atoms with Crippen LogP contribution in [-0.2, 0) is 14.4 Å². The van der Waals surface area contributed by atoms with Crippen molar-refractivity contribution in [3.63, 3.8) is 0 Å². The largest absolute Gasteiger partial charge is 0.480 e. The number of carboxylic acid groups (broad SMARTS) is 2. The van der Waals surface area contributed by atoms with Crippen LogP contribution in [0.15, 0.2) is 0 Å². The second-order valence-corrected chi connectivity index (χ2v) is 4.78. The maximum absolute atomic E-state index is 10.3. The van der Waals surface area contributed by atoms with Gasteiger partial charge >= 0.3 is 11.9 Å². The van der Waals surface area contributed by atoms with Crippen LogP contribution in [0, 0.1) is 0 Å². The fraction of sp³-hybridized carbons (Fsp3) is 0.667. The van der Waals surface area contributed by atoms with Crippen LogP contribution in [0.4, 0.5) is 0 Å². The summed E-state index contributed by atoms with van der Waals surface area (Å²) in [6.07, 6.45) is 0. The SMILES string of the molecule is CC(=O)N[C@@H](CS)C(=O)O.O=C(O)C1CSCN1. The average molecular weight is 296 g/mol. The molecule has 0 radical (unpaired) electrons. The normalized spacial score (nSPS) is 19.3. The summed E-state index contributed by atoms with van der Waals surface area (Å²) >= 11 is 5.35. The van der Waals surface area contributed by atoms with E-state index < -0.39 is 18.0 Å². The molecule has 104 valence electrons. The first-order chi connectivity index (χ1) is 8.38. The predicted molar refractivity (Wildman–Crippen MR) is 71.0 cm³/mol. The summed E-state index contributed by atoms with van der Waals surface area (Å²) in [6.45, 7) is 1.26. The molecule has 0 aromatic rings. The number of carbonyl (C=O) groups is 3. The monoisotopic (exact) mass is 296 g/mol. The third-order valence-electron chi connectivity index (χ3n) is 1.87. The van der Waals surface area contributed by atoms with Crippen molar-refractivity contribution in [3.8, 4) is 0 Å². The highest BCUT2D eigenvalue weighted by atomic mass is 32.2. The molecule has 1 rings (SSSR count). The van der Waals surface area contributed by atoms with E-state index >= 15 is 0 Å². The molecular weight excluding hydrogens is 280 g/mol. The van der Waals surface area contributed by atoms with E-state index in [9.17, 15) is 14.4 Å². The Bertz CT molecular complexity index is 307. The van der Waals surface area contributed by atoms with Crippen LogP contribution in [0.25, 0.3) is 0 Å². The molecule has 7 nitrogen and oxygen atoms in total.